The van der Waals surface area contributed by atoms with Crippen molar-refractivity contribution in [3.05, 3.63) is 34.9 Å². The molecule has 98 valence electrons. The van der Waals surface area contributed by atoms with E-state index in [9.17, 15) is 9.90 Å². The van der Waals surface area contributed by atoms with Crippen LogP contribution in [0.3, 0.4) is 0 Å². The van der Waals surface area contributed by atoms with Crippen LogP contribution < -0.4 is 5.32 Å². The van der Waals surface area contributed by atoms with Gasteiger partial charge in [-0.25, -0.2) is 0 Å². The first-order chi connectivity index (χ1) is 8.33. The molecule has 1 amide bonds. The maximum absolute atomic E-state index is 12.2. The fourth-order valence-electron chi connectivity index (χ4n) is 2.01. The maximum atomic E-state index is 12.2. The van der Waals surface area contributed by atoms with E-state index in [1.807, 2.05) is 12.1 Å². The molecule has 0 radical (unpaired) electrons. The van der Waals surface area contributed by atoms with Crippen molar-refractivity contribution in [2.75, 3.05) is 6.54 Å². The van der Waals surface area contributed by atoms with Gasteiger partial charge in [-0.1, -0.05) is 23.7 Å². The van der Waals surface area contributed by atoms with Crippen molar-refractivity contribution < 1.29 is 9.90 Å². The van der Waals surface area contributed by atoms with Gasteiger partial charge in [0.2, 0.25) is 5.91 Å². The molecule has 0 aliphatic heterocycles. The molecule has 3 nitrogen and oxygen atoms in total. The van der Waals surface area contributed by atoms with Gasteiger partial charge in [-0.05, 0) is 44.4 Å². The lowest BCUT2D eigenvalue weighted by molar-refractivity contribution is -0.124. The van der Waals surface area contributed by atoms with Crippen LogP contribution in [0, 0.1) is 0 Å². The van der Waals surface area contributed by atoms with E-state index in [-0.39, 0.29) is 12.5 Å². The molecular weight excluding hydrogens is 250 g/mol. The lowest BCUT2D eigenvalue weighted by atomic mass is 9.94. The Bertz CT molecular complexity index is 444. The van der Waals surface area contributed by atoms with Gasteiger partial charge >= 0.3 is 0 Å². The smallest absolute Gasteiger partial charge is 0.230 e. The van der Waals surface area contributed by atoms with Gasteiger partial charge in [0.1, 0.15) is 0 Å². The Morgan fingerprint density at radius 2 is 1.94 bits per heavy atom. The molecule has 2 rings (SSSR count). The zero-order valence-electron chi connectivity index (χ0n) is 10.7. The average Bonchev–Trinajstić information content (AvgIpc) is 3.07. The molecule has 0 spiro atoms. The second-order valence-corrected chi connectivity index (χ2v) is 6.02. The summed E-state index contributed by atoms with van der Waals surface area (Å²) in [4.78, 5) is 12.2. The standard InChI is InChI=1S/C14H18ClNO2/c1-13(2,18)9-16-12(17)14(7-8-14)10-3-5-11(15)6-4-10/h3-6,18H,7-9H2,1-2H3,(H,16,17). The van der Waals surface area contributed by atoms with Crippen LogP contribution in [0.2, 0.25) is 5.02 Å². The third-order valence-corrected chi connectivity index (χ3v) is 3.51. The van der Waals surface area contributed by atoms with Crippen LogP contribution in [-0.4, -0.2) is 23.2 Å². The van der Waals surface area contributed by atoms with Crippen LogP contribution in [0.5, 0.6) is 0 Å². The minimum atomic E-state index is -0.883. The Morgan fingerprint density at radius 3 is 2.39 bits per heavy atom. The van der Waals surface area contributed by atoms with Gasteiger partial charge in [0.25, 0.3) is 0 Å². The molecule has 4 heteroatoms. The van der Waals surface area contributed by atoms with Gasteiger partial charge in [-0.15, -0.1) is 0 Å². The van der Waals surface area contributed by atoms with Gasteiger partial charge in [0, 0.05) is 11.6 Å². The molecule has 18 heavy (non-hydrogen) atoms. The minimum Gasteiger partial charge on any atom is -0.389 e. The summed E-state index contributed by atoms with van der Waals surface area (Å²) in [6.45, 7) is 3.62. The van der Waals surface area contributed by atoms with Crippen LogP contribution in [0.4, 0.5) is 0 Å². The Balaban J connectivity index is 2.07. The second kappa shape index (κ2) is 4.56. The van der Waals surface area contributed by atoms with E-state index in [4.69, 9.17) is 11.6 Å². The number of hydrogen-bond donors (Lipinski definition) is 2. The second-order valence-electron chi connectivity index (χ2n) is 5.58. The van der Waals surface area contributed by atoms with Gasteiger partial charge in [-0.2, -0.15) is 0 Å². The van der Waals surface area contributed by atoms with Crippen molar-refractivity contribution in [3.63, 3.8) is 0 Å². The number of carbonyl (C=O) groups is 1. The zero-order chi connectivity index (χ0) is 13.4. The highest BCUT2D eigenvalue weighted by atomic mass is 35.5. The first-order valence-corrected chi connectivity index (χ1v) is 6.48. The summed E-state index contributed by atoms with van der Waals surface area (Å²) in [6, 6.07) is 7.42. The van der Waals surface area contributed by atoms with Crippen molar-refractivity contribution in [1.29, 1.82) is 0 Å². The van der Waals surface area contributed by atoms with Crippen molar-refractivity contribution in [2.24, 2.45) is 0 Å². The van der Waals surface area contributed by atoms with E-state index in [1.54, 1.807) is 26.0 Å². The van der Waals surface area contributed by atoms with Crippen molar-refractivity contribution in [1.82, 2.24) is 5.32 Å². The number of benzene rings is 1. The van der Waals surface area contributed by atoms with Crippen LogP contribution in [0.1, 0.15) is 32.3 Å². The lowest BCUT2D eigenvalue weighted by Gasteiger charge is -2.21. The van der Waals surface area contributed by atoms with Crippen LogP contribution >= 0.6 is 11.6 Å². The number of carbonyl (C=O) groups excluding carboxylic acids is 1. The highest BCUT2D eigenvalue weighted by Crippen LogP contribution is 2.48. The third kappa shape index (κ3) is 2.85. The highest BCUT2D eigenvalue weighted by molar-refractivity contribution is 6.30. The molecule has 1 fully saturated rings. The minimum absolute atomic E-state index is 0.00746. The molecule has 1 aromatic rings. The molecule has 0 aromatic heterocycles. The SMILES string of the molecule is CC(C)(O)CNC(=O)C1(c2ccc(Cl)cc2)CC1. The topological polar surface area (TPSA) is 49.3 Å². The van der Waals surface area contributed by atoms with Crippen LogP contribution in [0.15, 0.2) is 24.3 Å². The largest absolute Gasteiger partial charge is 0.389 e. The third-order valence-electron chi connectivity index (χ3n) is 3.26. The summed E-state index contributed by atoms with van der Waals surface area (Å²) in [7, 11) is 0. The van der Waals surface area contributed by atoms with Gasteiger partial charge in [-0.3, -0.25) is 4.79 Å². The zero-order valence-corrected chi connectivity index (χ0v) is 11.4. The molecule has 0 bridgehead atoms. The molecule has 0 heterocycles. The summed E-state index contributed by atoms with van der Waals surface area (Å²) in [5.74, 6) is -0.00746. The molecule has 0 saturated heterocycles. The summed E-state index contributed by atoms with van der Waals surface area (Å²) in [5.41, 5.74) is -0.290. The van der Waals surface area contributed by atoms with Crippen molar-refractivity contribution in [3.8, 4) is 0 Å². The first kappa shape index (κ1) is 13.4. The molecule has 0 unspecified atom stereocenters. The fourth-order valence-corrected chi connectivity index (χ4v) is 2.13. The Hall–Kier alpha value is -1.06. The van der Waals surface area contributed by atoms with E-state index >= 15 is 0 Å². The lowest BCUT2D eigenvalue weighted by Crippen LogP contribution is -2.42. The van der Waals surface area contributed by atoms with Gasteiger partial charge in [0.15, 0.2) is 0 Å². The Kier molecular flexibility index (Phi) is 3.39. The molecular formula is C14H18ClNO2. The van der Waals surface area contributed by atoms with Gasteiger partial charge in [0.05, 0.1) is 11.0 Å². The molecule has 1 aliphatic carbocycles. The van der Waals surface area contributed by atoms with E-state index in [2.05, 4.69) is 5.32 Å². The number of rotatable bonds is 4. The number of nitrogens with one attached hydrogen (secondary N) is 1. The Labute approximate surface area is 112 Å². The summed E-state index contributed by atoms with van der Waals surface area (Å²) >= 11 is 5.85. The number of amides is 1. The highest BCUT2D eigenvalue weighted by Gasteiger charge is 2.51. The van der Waals surface area contributed by atoms with Gasteiger partial charge < -0.3 is 10.4 Å². The molecule has 1 saturated carbocycles. The number of aliphatic hydroxyl groups is 1. The molecule has 1 aromatic carbocycles. The summed E-state index contributed by atoms with van der Waals surface area (Å²) < 4.78 is 0. The molecule has 2 N–H and O–H groups in total. The summed E-state index contributed by atoms with van der Waals surface area (Å²) in [6.07, 6.45) is 1.71. The molecule has 1 aliphatic rings. The average molecular weight is 268 g/mol. The summed E-state index contributed by atoms with van der Waals surface area (Å²) in [5, 5.41) is 13.1. The molecule has 0 atom stereocenters. The van der Waals surface area contributed by atoms with E-state index in [0.29, 0.717) is 5.02 Å². The fraction of sp³-hybridized carbons (Fsp3) is 0.500. The quantitative estimate of drug-likeness (QED) is 0.879. The van der Waals surface area contributed by atoms with Crippen LogP contribution in [0.25, 0.3) is 0 Å². The normalized spacial score (nSPS) is 17.3. The van der Waals surface area contributed by atoms with Crippen molar-refractivity contribution in [2.45, 2.75) is 37.7 Å². The first-order valence-electron chi connectivity index (χ1n) is 6.10. The van der Waals surface area contributed by atoms with E-state index < -0.39 is 11.0 Å². The van der Waals surface area contributed by atoms with E-state index in [1.165, 1.54) is 0 Å². The van der Waals surface area contributed by atoms with Crippen LogP contribution in [-0.2, 0) is 10.2 Å². The van der Waals surface area contributed by atoms with Crippen molar-refractivity contribution >= 4 is 17.5 Å². The maximum Gasteiger partial charge on any atom is 0.230 e. The monoisotopic (exact) mass is 267 g/mol. The number of hydrogen-bond acceptors (Lipinski definition) is 2. The van der Waals surface area contributed by atoms with E-state index in [0.717, 1.165) is 18.4 Å². The number of halogens is 1. The predicted octanol–water partition coefficient (Wildman–Crippen LogP) is 2.26. The Morgan fingerprint density at radius 1 is 1.39 bits per heavy atom. The predicted molar refractivity (Wildman–Crippen MR) is 71.7 cm³/mol.